The van der Waals surface area contributed by atoms with E-state index in [9.17, 15) is 18.8 Å². The molecule has 2 fully saturated rings. The molecule has 1 aliphatic carbocycles. The molecule has 5 rings (SSSR count). The number of hydrogen-bond acceptors (Lipinski definition) is 7. The van der Waals surface area contributed by atoms with E-state index in [1.807, 2.05) is 6.07 Å². The van der Waals surface area contributed by atoms with Crippen molar-refractivity contribution in [3.8, 4) is 6.07 Å². The lowest BCUT2D eigenvalue weighted by Crippen LogP contribution is -2.36. The van der Waals surface area contributed by atoms with Crippen molar-refractivity contribution in [2.24, 2.45) is 0 Å². The smallest absolute Gasteiger partial charge is 0.242 e. The van der Waals surface area contributed by atoms with Crippen LogP contribution in [0, 0.1) is 11.3 Å². The molecule has 1 saturated carbocycles. The van der Waals surface area contributed by atoms with Gasteiger partial charge in [-0.25, -0.2) is 18.4 Å². The summed E-state index contributed by atoms with van der Waals surface area (Å²) in [5.41, 5.74) is 0.309. The SMILES string of the molecule is N#CC1(NS(=O)(=O)c2ccc3c(c2)[nH]c2ncnc(N4CCC(O)CC4)c23)CC1. The first-order valence-electron chi connectivity index (χ1n) is 9.55. The Labute approximate surface area is 167 Å². The van der Waals surface area contributed by atoms with Gasteiger partial charge >= 0.3 is 0 Å². The van der Waals surface area contributed by atoms with Crippen LogP contribution in [0.25, 0.3) is 21.9 Å². The predicted octanol–water partition coefficient (Wildman–Crippen LogP) is 1.41. The van der Waals surface area contributed by atoms with Crippen LogP contribution in [-0.2, 0) is 10.0 Å². The molecule has 29 heavy (non-hydrogen) atoms. The lowest BCUT2D eigenvalue weighted by atomic mass is 10.1. The van der Waals surface area contributed by atoms with E-state index in [1.165, 1.54) is 6.33 Å². The first kappa shape index (κ1) is 18.3. The lowest BCUT2D eigenvalue weighted by molar-refractivity contribution is 0.145. The third-order valence-electron chi connectivity index (χ3n) is 5.71. The van der Waals surface area contributed by atoms with Crippen molar-refractivity contribution in [1.29, 1.82) is 5.26 Å². The predicted molar refractivity (Wildman–Crippen MR) is 107 cm³/mol. The van der Waals surface area contributed by atoms with Crippen LogP contribution >= 0.6 is 0 Å². The van der Waals surface area contributed by atoms with Crippen LogP contribution in [-0.4, -0.2) is 53.2 Å². The Morgan fingerprint density at radius 1 is 1.28 bits per heavy atom. The number of piperidine rings is 1. The average Bonchev–Trinajstić information content (AvgIpc) is 3.37. The number of aromatic amines is 1. The van der Waals surface area contributed by atoms with Gasteiger partial charge in [-0.15, -0.1) is 0 Å². The van der Waals surface area contributed by atoms with Gasteiger partial charge in [-0.05, 0) is 37.8 Å². The molecule has 3 N–H and O–H groups in total. The monoisotopic (exact) mass is 412 g/mol. The van der Waals surface area contributed by atoms with Crippen molar-refractivity contribution >= 4 is 37.8 Å². The molecule has 0 amide bonds. The van der Waals surface area contributed by atoms with E-state index in [0.29, 0.717) is 49.9 Å². The van der Waals surface area contributed by atoms with Crippen LogP contribution in [0.3, 0.4) is 0 Å². The summed E-state index contributed by atoms with van der Waals surface area (Å²) >= 11 is 0. The average molecular weight is 412 g/mol. The fourth-order valence-corrected chi connectivity index (χ4v) is 5.26. The highest BCUT2D eigenvalue weighted by Crippen LogP contribution is 2.37. The molecular formula is C19H20N6O3S. The normalized spacial score (nSPS) is 19.5. The second-order valence-electron chi connectivity index (χ2n) is 7.77. The summed E-state index contributed by atoms with van der Waals surface area (Å²) in [5.74, 6) is 0.781. The molecule has 0 bridgehead atoms. The standard InChI is InChI=1S/C19H20N6O3S/c20-10-19(5-6-19)24-29(27,28)13-1-2-14-15(9-13)23-17-16(14)18(22-11-21-17)25-7-3-12(26)4-8-25/h1-2,9,11-12,24,26H,3-8H2,(H,21,22,23). The molecule has 1 saturated heterocycles. The maximum absolute atomic E-state index is 12.7. The van der Waals surface area contributed by atoms with E-state index in [0.717, 1.165) is 16.6 Å². The van der Waals surface area contributed by atoms with Crippen LogP contribution in [0.5, 0.6) is 0 Å². The largest absolute Gasteiger partial charge is 0.393 e. The zero-order chi connectivity index (χ0) is 20.2. The molecule has 3 aromatic rings. The molecule has 0 radical (unpaired) electrons. The highest BCUT2D eigenvalue weighted by Gasteiger charge is 2.46. The third kappa shape index (κ3) is 3.11. The van der Waals surface area contributed by atoms with Gasteiger partial charge in [0.25, 0.3) is 0 Å². The van der Waals surface area contributed by atoms with Crippen molar-refractivity contribution in [2.75, 3.05) is 18.0 Å². The minimum Gasteiger partial charge on any atom is -0.393 e. The van der Waals surface area contributed by atoms with Crippen LogP contribution < -0.4 is 9.62 Å². The third-order valence-corrected chi connectivity index (χ3v) is 7.24. The molecule has 0 spiro atoms. The number of H-pyrrole nitrogens is 1. The Morgan fingerprint density at radius 3 is 2.72 bits per heavy atom. The molecule has 0 unspecified atom stereocenters. The Kier molecular flexibility index (Phi) is 4.03. The Bertz CT molecular complexity index is 1250. The highest BCUT2D eigenvalue weighted by atomic mass is 32.2. The molecule has 3 heterocycles. The summed E-state index contributed by atoms with van der Waals surface area (Å²) in [7, 11) is -3.80. The first-order valence-corrected chi connectivity index (χ1v) is 11.0. The summed E-state index contributed by atoms with van der Waals surface area (Å²) in [6.45, 7) is 1.40. The van der Waals surface area contributed by atoms with Crippen LogP contribution in [0.15, 0.2) is 29.4 Å². The number of nitrogens with one attached hydrogen (secondary N) is 2. The number of benzene rings is 1. The van der Waals surface area contributed by atoms with Crippen molar-refractivity contribution in [3.63, 3.8) is 0 Å². The number of nitriles is 1. The fraction of sp³-hybridized carbons (Fsp3) is 0.421. The van der Waals surface area contributed by atoms with Gasteiger partial charge in [-0.1, -0.05) is 6.07 Å². The summed E-state index contributed by atoms with van der Waals surface area (Å²) in [6.07, 6.45) is 3.63. The van der Waals surface area contributed by atoms with Crippen molar-refractivity contribution in [1.82, 2.24) is 19.7 Å². The van der Waals surface area contributed by atoms with E-state index >= 15 is 0 Å². The molecule has 0 atom stereocenters. The lowest BCUT2D eigenvalue weighted by Gasteiger charge is -2.30. The van der Waals surface area contributed by atoms with Gasteiger partial charge in [0, 0.05) is 24.0 Å². The number of rotatable bonds is 4. The van der Waals surface area contributed by atoms with Crippen molar-refractivity contribution in [2.45, 2.75) is 42.2 Å². The van der Waals surface area contributed by atoms with E-state index < -0.39 is 15.6 Å². The first-order chi connectivity index (χ1) is 13.9. The van der Waals surface area contributed by atoms with E-state index in [1.54, 1.807) is 18.2 Å². The zero-order valence-electron chi connectivity index (χ0n) is 15.6. The quantitative estimate of drug-likeness (QED) is 0.589. The number of sulfonamides is 1. The van der Waals surface area contributed by atoms with Gasteiger partial charge < -0.3 is 15.0 Å². The second-order valence-corrected chi connectivity index (χ2v) is 9.45. The van der Waals surface area contributed by atoms with Gasteiger partial charge in [0.1, 0.15) is 23.3 Å². The van der Waals surface area contributed by atoms with Crippen LogP contribution in [0.2, 0.25) is 0 Å². The molecule has 2 aromatic heterocycles. The van der Waals surface area contributed by atoms with Gasteiger partial charge in [0.05, 0.1) is 22.5 Å². The molecule has 9 nitrogen and oxygen atoms in total. The number of nitrogens with zero attached hydrogens (tertiary/aromatic N) is 4. The molecule has 10 heteroatoms. The number of fused-ring (bicyclic) bond motifs is 3. The topological polar surface area (TPSA) is 135 Å². The Morgan fingerprint density at radius 2 is 2.03 bits per heavy atom. The molecule has 150 valence electrons. The van der Waals surface area contributed by atoms with Gasteiger partial charge in [-0.2, -0.15) is 9.98 Å². The number of anilines is 1. The maximum atomic E-state index is 12.7. The van der Waals surface area contributed by atoms with Gasteiger partial charge in [0.15, 0.2) is 0 Å². The van der Waals surface area contributed by atoms with E-state index in [-0.39, 0.29) is 11.0 Å². The summed E-state index contributed by atoms with van der Waals surface area (Å²) in [5, 5.41) is 20.6. The summed E-state index contributed by atoms with van der Waals surface area (Å²) in [6, 6.07) is 6.90. The molecule has 2 aliphatic rings. The minimum absolute atomic E-state index is 0.105. The second kappa shape index (κ2) is 6.38. The highest BCUT2D eigenvalue weighted by molar-refractivity contribution is 7.89. The van der Waals surface area contributed by atoms with E-state index in [2.05, 4.69) is 24.6 Å². The summed E-state index contributed by atoms with van der Waals surface area (Å²) in [4.78, 5) is 14.2. The van der Waals surface area contributed by atoms with Gasteiger partial charge in [0.2, 0.25) is 10.0 Å². The van der Waals surface area contributed by atoms with Crippen LogP contribution in [0.1, 0.15) is 25.7 Å². The molecule has 1 aliphatic heterocycles. The number of aromatic nitrogens is 3. The summed E-state index contributed by atoms with van der Waals surface area (Å²) < 4.78 is 27.9. The van der Waals surface area contributed by atoms with E-state index in [4.69, 9.17) is 0 Å². The van der Waals surface area contributed by atoms with Crippen LogP contribution in [0.4, 0.5) is 5.82 Å². The zero-order valence-corrected chi connectivity index (χ0v) is 16.4. The Balaban J connectivity index is 1.57. The maximum Gasteiger partial charge on any atom is 0.242 e. The van der Waals surface area contributed by atoms with Gasteiger partial charge in [-0.3, -0.25) is 0 Å². The number of aliphatic hydroxyl groups excluding tert-OH is 1. The molecule has 1 aromatic carbocycles. The fourth-order valence-electron chi connectivity index (χ4n) is 3.85. The Hall–Kier alpha value is -2.74. The number of aliphatic hydroxyl groups is 1. The van der Waals surface area contributed by atoms with Crippen molar-refractivity contribution < 1.29 is 13.5 Å². The molecular weight excluding hydrogens is 392 g/mol. The van der Waals surface area contributed by atoms with Crippen molar-refractivity contribution in [3.05, 3.63) is 24.5 Å². The minimum atomic E-state index is -3.80. The number of hydrogen-bond donors (Lipinski definition) is 3.